The fourth-order valence-electron chi connectivity index (χ4n) is 1.51. The van der Waals surface area contributed by atoms with Crippen LogP contribution in [0.2, 0.25) is 0 Å². The van der Waals surface area contributed by atoms with Gasteiger partial charge in [0, 0.05) is 5.90 Å². The monoisotopic (exact) mass is 221 g/mol. The number of aliphatic imine (C=N–C) groups is 1. The number of carbonyl (C=O) groups excluding carboxylic acids is 1. The molecule has 0 aliphatic carbocycles. The molecule has 1 aliphatic rings. The summed E-state index contributed by atoms with van der Waals surface area (Å²) in [5, 5.41) is 11.3. The van der Waals surface area contributed by atoms with Crippen LogP contribution in [0.5, 0.6) is 0 Å². The van der Waals surface area contributed by atoms with E-state index in [1.807, 2.05) is 0 Å². The van der Waals surface area contributed by atoms with E-state index in [1.165, 1.54) is 0 Å². The summed E-state index contributed by atoms with van der Waals surface area (Å²) in [6, 6.07) is 0. The van der Waals surface area contributed by atoms with Crippen molar-refractivity contribution in [1.29, 1.82) is 0 Å². The average Bonchev–Trinajstić information content (AvgIpc) is 2.36. The standard InChI is InChI=1S/C10H17NO3.Na/c1-3-4-5-6-7-10(2)8(12)11-9(13)14-10;/h3-7H2,1-2H3,(H,11,12,13);/q;+1/p-1. The summed E-state index contributed by atoms with van der Waals surface area (Å²) in [5.41, 5.74) is -0.981. The van der Waals surface area contributed by atoms with Crippen molar-refractivity contribution in [2.24, 2.45) is 4.99 Å². The van der Waals surface area contributed by atoms with Crippen LogP contribution in [0.3, 0.4) is 0 Å². The minimum atomic E-state index is -0.981. The second kappa shape index (κ2) is 6.51. The van der Waals surface area contributed by atoms with Crippen LogP contribution < -0.4 is 34.7 Å². The van der Waals surface area contributed by atoms with Gasteiger partial charge in [0.05, 0.1) is 0 Å². The first-order valence-corrected chi connectivity index (χ1v) is 5.07. The molecule has 80 valence electrons. The quantitative estimate of drug-likeness (QED) is 0.425. The third-order valence-electron chi connectivity index (χ3n) is 2.47. The van der Waals surface area contributed by atoms with Crippen molar-refractivity contribution < 1.29 is 44.2 Å². The largest absolute Gasteiger partial charge is 1.00 e. The molecule has 1 heterocycles. The molecular formula is C10H16NNaO3. The van der Waals surface area contributed by atoms with Gasteiger partial charge in [-0.05, 0) is 19.8 Å². The van der Waals surface area contributed by atoms with Crippen LogP contribution in [-0.4, -0.2) is 17.6 Å². The van der Waals surface area contributed by atoms with Gasteiger partial charge in [0.1, 0.15) is 5.60 Å². The molecule has 0 fully saturated rings. The fourth-order valence-corrected chi connectivity index (χ4v) is 1.51. The van der Waals surface area contributed by atoms with Crippen molar-refractivity contribution in [3.05, 3.63) is 0 Å². The molecule has 4 nitrogen and oxygen atoms in total. The first kappa shape index (κ1) is 14.9. The van der Waals surface area contributed by atoms with Crippen LogP contribution in [-0.2, 0) is 4.74 Å². The SMILES string of the molecule is CCCCCCC1(C)OC(=O)N=C1[O-].[Na+]. The number of unbranched alkanes of at least 4 members (excludes halogenated alkanes) is 3. The first-order chi connectivity index (χ1) is 6.58. The number of amides is 1. The van der Waals surface area contributed by atoms with E-state index in [0.29, 0.717) is 6.42 Å². The zero-order valence-electron chi connectivity index (χ0n) is 9.71. The molecule has 5 heteroatoms. The molecule has 0 radical (unpaired) electrons. The zero-order chi connectivity index (χ0) is 10.6. The van der Waals surface area contributed by atoms with Gasteiger partial charge in [0.25, 0.3) is 0 Å². The molecule has 0 aromatic heterocycles. The maximum atomic E-state index is 11.3. The second-order valence-corrected chi connectivity index (χ2v) is 3.83. The van der Waals surface area contributed by atoms with E-state index in [9.17, 15) is 9.90 Å². The molecule has 0 saturated carbocycles. The Kier molecular flexibility index (Phi) is 6.48. The van der Waals surface area contributed by atoms with Crippen molar-refractivity contribution >= 4 is 12.0 Å². The van der Waals surface area contributed by atoms with Gasteiger partial charge in [-0.25, -0.2) is 4.79 Å². The van der Waals surface area contributed by atoms with Crippen molar-refractivity contribution in [3.8, 4) is 0 Å². The smallest absolute Gasteiger partial charge is 0.859 e. The van der Waals surface area contributed by atoms with E-state index in [4.69, 9.17) is 4.74 Å². The van der Waals surface area contributed by atoms with Crippen LogP contribution in [0.15, 0.2) is 4.99 Å². The Bertz CT molecular complexity index is 255. The Labute approximate surface area is 112 Å². The van der Waals surface area contributed by atoms with Gasteiger partial charge in [0.15, 0.2) is 0 Å². The Hall–Kier alpha value is -0.0600. The molecule has 0 N–H and O–H groups in total. The van der Waals surface area contributed by atoms with Crippen LogP contribution in [0, 0.1) is 0 Å². The fraction of sp³-hybridized carbons (Fsp3) is 0.800. The summed E-state index contributed by atoms with van der Waals surface area (Å²) in [6.07, 6.45) is 4.11. The molecule has 0 bridgehead atoms. The minimum absolute atomic E-state index is 0. The van der Waals surface area contributed by atoms with Crippen molar-refractivity contribution in [1.82, 2.24) is 0 Å². The number of nitrogens with zero attached hydrogens (tertiary/aromatic N) is 1. The second-order valence-electron chi connectivity index (χ2n) is 3.83. The Balaban J connectivity index is 0.00000196. The number of ether oxygens (including phenoxy) is 1. The third kappa shape index (κ3) is 4.13. The first-order valence-electron chi connectivity index (χ1n) is 5.07. The molecule has 1 atom stereocenters. The van der Waals surface area contributed by atoms with Gasteiger partial charge in [-0.2, -0.15) is 4.99 Å². The van der Waals surface area contributed by atoms with Gasteiger partial charge in [-0.15, -0.1) is 0 Å². The van der Waals surface area contributed by atoms with E-state index >= 15 is 0 Å². The van der Waals surface area contributed by atoms with E-state index < -0.39 is 17.6 Å². The third-order valence-corrected chi connectivity index (χ3v) is 2.47. The van der Waals surface area contributed by atoms with Crippen molar-refractivity contribution in [2.75, 3.05) is 0 Å². The Morgan fingerprint density at radius 3 is 2.53 bits per heavy atom. The van der Waals surface area contributed by atoms with E-state index in [1.54, 1.807) is 6.92 Å². The molecular weight excluding hydrogens is 205 g/mol. The number of rotatable bonds is 5. The molecule has 0 aromatic carbocycles. The molecule has 1 rings (SSSR count). The van der Waals surface area contributed by atoms with Gasteiger partial charge in [-0.1, -0.05) is 26.2 Å². The summed E-state index contributed by atoms with van der Waals surface area (Å²) < 4.78 is 4.89. The van der Waals surface area contributed by atoms with Gasteiger partial charge >= 0.3 is 35.7 Å². The molecule has 1 unspecified atom stereocenters. The maximum absolute atomic E-state index is 11.3. The molecule has 0 saturated heterocycles. The van der Waals surface area contributed by atoms with Crippen LogP contribution in [0.25, 0.3) is 0 Å². The van der Waals surface area contributed by atoms with Gasteiger partial charge in [-0.3, -0.25) is 0 Å². The summed E-state index contributed by atoms with van der Waals surface area (Å²) in [4.78, 5) is 14.0. The van der Waals surface area contributed by atoms with E-state index in [0.717, 1.165) is 25.7 Å². The topological polar surface area (TPSA) is 61.7 Å². The van der Waals surface area contributed by atoms with Gasteiger partial charge < -0.3 is 9.84 Å². The maximum Gasteiger partial charge on any atom is 1.00 e. The predicted octanol–water partition coefficient (Wildman–Crippen LogP) is -1.37. The van der Waals surface area contributed by atoms with Crippen LogP contribution in [0.4, 0.5) is 4.79 Å². The normalized spacial score (nSPS) is 24.4. The number of cyclic esters (lactones) is 1. The molecule has 1 amide bonds. The average molecular weight is 221 g/mol. The van der Waals surface area contributed by atoms with Crippen molar-refractivity contribution in [3.63, 3.8) is 0 Å². The number of hydrogen-bond donors (Lipinski definition) is 0. The van der Waals surface area contributed by atoms with Crippen molar-refractivity contribution in [2.45, 2.75) is 51.6 Å². The summed E-state index contributed by atoms with van der Waals surface area (Å²) in [6.45, 7) is 3.76. The summed E-state index contributed by atoms with van der Waals surface area (Å²) >= 11 is 0. The number of carbonyl (C=O) groups is 1. The van der Waals surface area contributed by atoms with E-state index in [2.05, 4.69) is 11.9 Å². The van der Waals surface area contributed by atoms with Gasteiger partial charge in [0.2, 0.25) is 0 Å². The predicted molar refractivity (Wildman–Crippen MR) is 51.1 cm³/mol. The molecule has 0 spiro atoms. The summed E-state index contributed by atoms with van der Waals surface area (Å²) in [7, 11) is 0. The number of hydrogen-bond acceptors (Lipinski definition) is 3. The molecule has 0 aromatic rings. The minimum Gasteiger partial charge on any atom is -0.859 e. The zero-order valence-corrected chi connectivity index (χ0v) is 11.7. The summed E-state index contributed by atoms with van der Waals surface area (Å²) in [5.74, 6) is -0.431. The van der Waals surface area contributed by atoms with E-state index in [-0.39, 0.29) is 29.6 Å². The Morgan fingerprint density at radius 1 is 1.40 bits per heavy atom. The molecule has 1 aliphatic heterocycles. The Morgan fingerprint density at radius 2 is 2.07 bits per heavy atom. The molecule has 15 heavy (non-hydrogen) atoms. The van der Waals surface area contributed by atoms with Crippen LogP contribution >= 0.6 is 0 Å². The van der Waals surface area contributed by atoms with Crippen LogP contribution in [0.1, 0.15) is 46.0 Å².